The summed E-state index contributed by atoms with van der Waals surface area (Å²) in [5.74, 6) is 1.48. The summed E-state index contributed by atoms with van der Waals surface area (Å²) < 4.78 is 11.9. The molecule has 1 aliphatic rings. The molecule has 1 saturated heterocycles. The van der Waals surface area contributed by atoms with Crippen LogP contribution in [0, 0.1) is 5.92 Å². The third kappa shape index (κ3) is 5.30. The van der Waals surface area contributed by atoms with Crippen LogP contribution in [-0.2, 0) is 14.9 Å². The first-order valence-electron chi connectivity index (χ1n) is 11.4. The van der Waals surface area contributed by atoms with Gasteiger partial charge in [0.15, 0.2) is 0 Å². The molecule has 31 heavy (non-hydrogen) atoms. The molecule has 4 heteroatoms. The van der Waals surface area contributed by atoms with Crippen molar-refractivity contribution in [3.63, 3.8) is 0 Å². The lowest BCUT2D eigenvalue weighted by Gasteiger charge is -2.44. The van der Waals surface area contributed by atoms with Gasteiger partial charge in [-0.1, -0.05) is 62.4 Å². The number of rotatable bonds is 8. The van der Waals surface area contributed by atoms with E-state index >= 15 is 0 Å². The van der Waals surface area contributed by atoms with Crippen molar-refractivity contribution in [2.24, 2.45) is 5.92 Å². The zero-order valence-corrected chi connectivity index (χ0v) is 19.6. The van der Waals surface area contributed by atoms with Crippen LogP contribution in [0.15, 0.2) is 54.6 Å². The molecule has 2 aromatic carbocycles. The molecule has 2 aromatic rings. The van der Waals surface area contributed by atoms with Crippen LogP contribution in [0.25, 0.3) is 0 Å². The highest BCUT2D eigenvalue weighted by molar-refractivity contribution is 5.73. The Labute approximate surface area is 187 Å². The summed E-state index contributed by atoms with van der Waals surface area (Å²) in [5, 5.41) is 0. The van der Waals surface area contributed by atoms with Crippen LogP contribution in [-0.4, -0.2) is 37.2 Å². The van der Waals surface area contributed by atoms with E-state index in [1.807, 2.05) is 35.2 Å². The van der Waals surface area contributed by atoms with E-state index in [0.717, 1.165) is 37.2 Å². The molecule has 0 bridgehead atoms. The van der Waals surface area contributed by atoms with Crippen molar-refractivity contribution in [1.82, 2.24) is 4.90 Å². The van der Waals surface area contributed by atoms with Crippen molar-refractivity contribution in [1.29, 1.82) is 0 Å². The summed E-state index contributed by atoms with van der Waals surface area (Å²) in [5.41, 5.74) is 2.32. The molecule has 168 valence electrons. The number of carbonyl (C=O) groups excluding carboxylic acids is 1. The van der Waals surface area contributed by atoms with Gasteiger partial charge in [-0.2, -0.15) is 0 Å². The lowest BCUT2D eigenvalue weighted by atomic mass is 9.68. The molecule has 0 radical (unpaired) electrons. The maximum absolute atomic E-state index is 12.6. The summed E-state index contributed by atoms with van der Waals surface area (Å²) >= 11 is 0. The lowest BCUT2D eigenvalue weighted by molar-refractivity contribution is -0.131. The number of ether oxygens (including phenoxy) is 2. The van der Waals surface area contributed by atoms with Crippen LogP contribution in [0.1, 0.15) is 64.1 Å². The number of para-hydroxylation sites is 1. The zero-order valence-electron chi connectivity index (χ0n) is 19.6. The molecule has 0 spiro atoms. The van der Waals surface area contributed by atoms with Gasteiger partial charge in [-0.15, -0.1) is 0 Å². The van der Waals surface area contributed by atoms with Gasteiger partial charge in [0.1, 0.15) is 5.75 Å². The predicted molar refractivity (Wildman–Crippen MR) is 125 cm³/mol. The first kappa shape index (κ1) is 23.3. The molecule has 0 unspecified atom stereocenters. The third-order valence-electron chi connectivity index (χ3n) is 6.91. The molecule has 0 saturated carbocycles. The Balaban J connectivity index is 1.92. The van der Waals surface area contributed by atoms with Crippen molar-refractivity contribution in [3.05, 3.63) is 65.7 Å². The second-order valence-corrected chi connectivity index (χ2v) is 9.14. The Kier molecular flexibility index (Phi) is 7.77. The molecule has 3 atom stereocenters. The standard InChI is InChI=1S/C27H37NO3/c1-20(2)26-19-27(16-18-31-26,24-13-9-10-14-25(24)30-5)15-17-28(22(4)29)21(3)23-11-7-6-8-12-23/h6-14,20-21,26H,15-19H2,1-5H3/t21-,26-,27+/m1/s1. The maximum Gasteiger partial charge on any atom is 0.219 e. The van der Waals surface area contributed by atoms with Crippen LogP contribution in [0.3, 0.4) is 0 Å². The molecule has 1 heterocycles. The first-order chi connectivity index (χ1) is 14.9. The van der Waals surface area contributed by atoms with E-state index in [-0.39, 0.29) is 23.5 Å². The summed E-state index contributed by atoms with van der Waals surface area (Å²) in [6.07, 6.45) is 2.96. The molecule has 1 amide bonds. The van der Waals surface area contributed by atoms with Crippen molar-refractivity contribution in [3.8, 4) is 5.75 Å². The molecule has 4 nitrogen and oxygen atoms in total. The molecule has 1 fully saturated rings. The number of carbonyl (C=O) groups is 1. The zero-order chi connectivity index (χ0) is 22.4. The highest BCUT2D eigenvalue weighted by Gasteiger charge is 2.41. The molecule has 3 rings (SSSR count). The minimum atomic E-state index is -0.0795. The van der Waals surface area contributed by atoms with Gasteiger partial charge in [0, 0.05) is 31.1 Å². The second kappa shape index (κ2) is 10.3. The topological polar surface area (TPSA) is 38.8 Å². The number of benzene rings is 2. The minimum Gasteiger partial charge on any atom is -0.496 e. The summed E-state index contributed by atoms with van der Waals surface area (Å²) in [7, 11) is 1.74. The predicted octanol–water partition coefficient (Wildman–Crippen LogP) is 5.77. The van der Waals surface area contributed by atoms with E-state index in [2.05, 4.69) is 45.0 Å². The van der Waals surface area contributed by atoms with E-state index in [9.17, 15) is 4.79 Å². The Morgan fingerprint density at radius 1 is 1.13 bits per heavy atom. The highest BCUT2D eigenvalue weighted by Crippen LogP contribution is 2.45. The molecular weight excluding hydrogens is 386 g/mol. The van der Waals surface area contributed by atoms with Crippen molar-refractivity contribution in [2.45, 2.75) is 64.5 Å². The van der Waals surface area contributed by atoms with E-state index < -0.39 is 0 Å². The number of nitrogens with zero attached hydrogens (tertiary/aromatic N) is 1. The van der Waals surface area contributed by atoms with Gasteiger partial charge in [0.05, 0.1) is 19.3 Å². The quantitative estimate of drug-likeness (QED) is 0.541. The molecule has 1 aliphatic heterocycles. The van der Waals surface area contributed by atoms with Gasteiger partial charge < -0.3 is 14.4 Å². The Morgan fingerprint density at radius 2 is 1.81 bits per heavy atom. The van der Waals surface area contributed by atoms with Gasteiger partial charge in [-0.25, -0.2) is 0 Å². The fourth-order valence-electron chi connectivity index (χ4n) is 4.94. The Hall–Kier alpha value is -2.33. The second-order valence-electron chi connectivity index (χ2n) is 9.14. The Morgan fingerprint density at radius 3 is 2.45 bits per heavy atom. The van der Waals surface area contributed by atoms with Crippen LogP contribution in [0.4, 0.5) is 0 Å². The van der Waals surface area contributed by atoms with Crippen LogP contribution >= 0.6 is 0 Å². The van der Waals surface area contributed by atoms with Gasteiger partial charge in [-0.05, 0) is 43.7 Å². The summed E-state index contributed by atoms with van der Waals surface area (Å²) in [6.45, 7) is 9.68. The molecular formula is C27H37NO3. The van der Waals surface area contributed by atoms with E-state index in [1.54, 1.807) is 14.0 Å². The normalized spacial score (nSPS) is 22.2. The third-order valence-corrected chi connectivity index (χ3v) is 6.91. The number of hydrogen-bond donors (Lipinski definition) is 0. The highest BCUT2D eigenvalue weighted by atomic mass is 16.5. The smallest absolute Gasteiger partial charge is 0.219 e. The lowest BCUT2D eigenvalue weighted by Crippen LogP contribution is -2.44. The average molecular weight is 424 g/mol. The van der Waals surface area contributed by atoms with Gasteiger partial charge in [0.2, 0.25) is 5.91 Å². The van der Waals surface area contributed by atoms with Gasteiger partial charge in [-0.3, -0.25) is 4.79 Å². The van der Waals surface area contributed by atoms with E-state index in [1.165, 1.54) is 5.56 Å². The first-order valence-corrected chi connectivity index (χ1v) is 11.4. The Bertz CT molecular complexity index is 851. The fourth-order valence-corrected chi connectivity index (χ4v) is 4.94. The largest absolute Gasteiger partial charge is 0.496 e. The maximum atomic E-state index is 12.6. The number of amides is 1. The average Bonchev–Trinajstić information content (AvgIpc) is 2.79. The number of methoxy groups -OCH3 is 1. The number of hydrogen-bond acceptors (Lipinski definition) is 3. The summed E-state index contributed by atoms with van der Waals surface area (Å²) in [4.78, 5) is 14.7. The van der Waals surface area contributed by atoms with Crippen LogP contribution < -0.4 is 4.74 Å². The van der Waals surface area contributed by atoms with Crippen molar-refractivity contribution in [2.75, 3.05) is 20.3 Å². The van der Waals surface area contributed by atoms with Crippen molar-refractivity contribution >= 4 is 5.91 Å². The summed E-state index contributed by atoms with van der Waals surface area (Å²) in [6, 6.07) is 18.7. The van der Waals surface area contributed by atoms with Crippen LogP contribution in [0.5, 0.6) is 5.75 Å². The fraction of sp³-hybridized carbons (Fsp3) is 0.519. The monoisotopic (exact) mass is 423 g/mol. The molecule has 0 N–H and O–H groups in total. The van der Waals surface area contributed by atoms with Crippen molar-refractivity contribution < 1.29 is 14.3 Å². The van der Waals surface area contributed by atoms with Crippen LogP contribution in [0.2, 0.25) is 0 Å². The van der Waals surface area contributed by atoms with Gasteiger partial charge in [0.25, 0.3) is 0 Å². The van der Waals surface area contributed by atoms with E-state index in [0.29, 0.717) is 12.5 Å². The molecule has 0 aromatic heterocycles. The SMILES string of the molecule is COc1ccccc1[C@@]1(CCN(C(C)=O)[C@H](C)c2ccccc2)CCO[C@@H](C(C)C)C1. The van der Waals surface area contributed by atoms with E-state index in [4.69, 9.17) is 9.47 Å². The minimum absolute atomic E-state index is 0.0363. The molecule has 0 aliphatic carbocycles. The van der Waals surface area contributed by atoms with Gasteiger partial charge >= 0.3 is 0 Å².